The lowest BCUT2D eigenvalue weighted by atomic mass is 10.1. The van der Waals surface area contributed by atoms with Crippen LogP contribution in [0.3, 0.4) is 0 Å². The number of nitrogens with one attached hydrogen (secondary N) is 2. The molecule has 0 fully saturated rings. The van der Waals surface area contributed by atoms with Crippen LogP contribution in [0.5, 0.6) is 0 Å². The minimum absolute atomic E-state index is 0.308. The summed E-state index contributed by atoms with van der Waals surface area (Å²) >= 11 is 0. The van der Waals surface area contributed by atoms with Gasteiger partial charge in [0.2, 0.25) is 0 Å². The number of pyridine rings is 1. The normalized spacial score (nSPS) is 10.4. The highest BCUT2D eigenvalue weighted by Crippen LogP contribution is 2.22. The van der Waals surface area contributed by atoms with Crippen LogP contribution in [0.4, 0.5) is 21.6 Å². The van der Waals surface area contributed by atoms with Gasteiger partial charge in [0.25, 0.3) is 5.91 Å². The fourth-order valence-electron chi connectivity index (χ4n) is 2.37. The maximum absolute atomic E-state index is 12.9. The molecular formula is C20H18FN3O. The Morgan fingerprint density at radius 2 is 1.76 bits per heavy atom. The van der Waals surface area contributed by atoms with Crippen molar-refractivity contribution in [1.82, 2.24) is 4.98 Å². The summed E-state index contributed by atoms with van der Waals surface area (Å²) in [5, 5.41) is 6.00. The van der Waals surface area contributed by atoms with Crippen LogP contribution in [0.15, 0.2) is 60.8 Å². The summed E-state index contributed by atoms with van der Waals surface area (Å²) < 4.78 is 12.9. The second-order valence-corrected chi connectivity index (χ2v) is 5.77. The Hall–Kier alpha value is -3.21. The first-order valence-corrected chi connectivity index (χ1v) is 7.89. The molecule has 1 aromatic heterocycles. The fraction of sp³-hybridized carbons (Fsp3) is 0.100. The average Bonchev–Trinajstić information content (AvgIpc) is 2.61. The number of amides is 1. The van der Waals surface area contributed by atoms with Crippen LogP contribution in [0.2, 0.25) is 0 Å². The number of aryl methyl sites for hydroxylation is 1. The van der Waals surface area contributed by atoms with Gasteiger partial charge in [-0.1, -0.05) is 12.1 Å². The highest BCUT2D eigenvalue weighted by atomic mass is 19.1. The van der Waals surface area contributed by atoms with E-state index in [0.717, 1.165) is 11.3 Å². The zero-order valence-corrected chi connectivity index (χ0v) is 14.0. The van der Waals surface area contributed by atoms with Crippen molar-refractivity contribution in [2.45, 2.75) is 13.8 Å². The summed E-state index contributed by atoms with van der Waals surface area (Å²) in [5.74, 6) is 0.00519. The number of hydrogen-bond acceptors (Lipinski definition) is 3. The van der Waals surface area contributed by atoms with Crippen LogP contribution >= 0.6 is 0 Å². The molecule has 0 aliphatic heterocycles. The molecule has 2 N–H and O–H groups in total. The summed E-state index contributed by atoms with van der Waals surface area (Å²) in [6, 6.07) is 15.0. The molecule has 0 spiro atoms. The summed E-state index contributed by atoms with van der Waals surface area (Å²) in [7, 11) is 0. The number of halogens is 1. The van der Waals surface area contributed by atoms with Gasteiger partial charge in [0.1, 0.15) is 11.6 Å². The van der Waals surface area contributed by atoms with Gasteiger partial charge in [-0.15, -0.1) is 0 Å². The quantitative estimate of drug-likeness (QED) is 0.718. The van der Waals surface area contributed by atoms with E-state index in [1.807, 2.05) is 12.1 Å². The molecule has 4 nitrogen and oxygen atoms in total. The van der Waals surface area contributed by atoms with E-state index in [1.165, 1.54) is 29.8 Å². The molecule has 0 unspecified atom stereocenters. The summed E-state index contributed by atoms with van der Waals surface area (Å²) in [5.41, 5.74) is 4.32. The molecule has 1 heterocycles. The predicted molar refractivity (Wildman–Crippen MR) is 97.8 cm³/mol. The maximum Gasteiger partial charge on any atom is 0.255 e. The second-order valence-electron chi connectivity index (χ2n) is 5.77. The Morgan fingerprint density at radius 1 is 1.00 bits per heavy atom. The number of aromatic nitrogens is 1. The Labute approximate surface area is 145 Å². The van der Waals surface area contributed by atoms with E-state index in [1.54, 1.807) is 18.3 Å². The number of hydrogen-bond donors (Lipinski definition) is 2. The fourth-order valence-corrected chi connectivity index (χ4v) is 2.37. The van der Waals surface area contributed by atoms with E-state index in [9.17, 15) is 9.18 Å². The third-order valence-electron chi connectivity index (χ3n) is 4.00. The van der Waals surface area contributed by atoms with Crippen molar-refractivity contribution in [2.75, 3.05) is 10.6 Å². The van der Waals surface area contributed by atoms with Gasteiger partial charge >= 0.3 is 0 Å². The molecule has 0 saturated heterocycles. The summed E-state index contributed by atoms with van der Waals surface area (Å²) in [6.45, 7) is 4.11. The van der Waals surface area contributed by atoms with Gasteiger partial charge in [-0.25, -0.2) is 9.37 Å². The average molecular weight is 335 g/mol. The predicted octanol–water partition coefficient (Wildman–Crippen LogP) is 4.83. The van der Waals surface area contributed by atoms with E-state index in [0.29, 0.717) is 17.1 Å². The van der Waals surface area contributed by atoms with Gasteiger partial charge in [-0.3, -0.25) is 4.79 Å². The molecular weight excluding hydrogens is 317 g/mol. The second kappa shape index (κ2) is 7.13. The van der Waals surface area contributed by atoms with Crippen molar-refractivity contribution < 1.29 is 9.18 Å². The summed E-state index contributed by atoms with van der Waals surface area (Å²) in [6.07, 6.45) is 1.58. The van der Waals surface area contributed by atoms with E-state index < -0.39 is 0 Å². The maximum atomic E-state index is 12.9. The van der Waals surface area contributed by atoms with Crippen molar-refractivity contribution in [3.63, 3.8) is 0 Å². The minimum atomic E-state index is -0.375. The van der Waals surface area contributed by atoms with Crippen LogP contribution < -0.4 is 10.6 Å². The van der Waals surface area contributed by atoms with E-state index in [-0.39, 0.29) is 11.7 Å². The monoisotopic (exact) mass is 335 g/mol. The largest absolute Gasteiger partial charge is 0.340 e. The molecule has 1 amide bonds. The third-order valence-corrected chi connectivity index (χ3v) is 4.00. The van der Waals surface area contributed by atoms with Gasteiger partial charge in [-0.2, -0.15) is 0 Å². The topological polar surface area (TPSA) is 54.0 Å². The lowest BCUT2D eigenvalue weighted by Crippen LogP contribution is -2.12. The number of nitrogens with zero attached hydrogens (tertiary/aromatic N) is 1. The van der Waals surface area contributed by atoms with Crippen molar-refractivity contribution in [2.24, 2.45) is 0 Å². The minimum Gasteiger partial charge on any atom is -0.340 e. The molecule has 2 aromatic carbocycles. The van der Waals surface area contributed by atoms with Gasteiger partial charge in [-0.05, 0) is 67.4 Å². The van der Waals surface area contributed by atoms with Crippen LogP contribution in [0.25, 0.3) is 0 Å². The van der Waals surface area contributed by atoms with E-state index in [2.05, 4.69) is 35.5 Å². The van der Waals surface area contributed by atoms with E-state index >= 15 is 0 Å². The zero-order chi connectivity index (χ0) is 17.8. The van der Waals surface area contributed by atoms with Gasteiger partial charge in [0, 0.05) is 11.3 Å². The number of benzene rings is 2. The molecule has 0 atom stereocenters. The van der Waals surface area contributed by atoms with Gasteiger partial charge in [0.05, 0.1) is 11.9 Å². The molecule has 126 valence electrons. The smallest absolute Gasteiger partial charge is 0.255 e. The Kier molecular flexibility index (Phi) is 4.75. The zero-order valence-electron chi connectivity index (χ0n) is 14.0. The molecule has 3 aromatic rings. The Morgan fingerprint density at radius 3 is 2.44 bits per heavy atom. The molecule has 0 bridgehead atoms. The van der Waals surface area contributed by atoms with Crippen molar-refractivity contribution >= 4 is 23.1 Å². The molecule has 25 heavy (non-hydrogen) atoms. The Bertz CT molecular complexity index is 890. The Balaban J connectivity index is 1.69. The number of carbonyl (C=O) groups is 1. The first kappa shape index (κ1) is 16.6. The van der Waals surface area contributed by atoms with E-state index in [4.69, 9.17) is 0 Å². The van der Waals surface area contributed by atoms with Gasteiger partial charge < -0.3 is 10.6 Å². The van der Waals surface area contributed by atoms with Crippen LogP contribution in [0, 0.1) is 19.7 Å². The standard InChI is InChI=1S/C20H18FN3O/c1-13-4-3-5-18(14(13)2)24-19-11-10-17(12-22-19)23-20(25)15-6-8-16(21)9-7-15/h3-12H,1-2H3,(H,22,24)(H,23,25). The van der Waals surface area contributed by atoms with Crippen LogP contribution in [0.1, 0.15) is 21.5 Å². The highest BCUT2D eigenvalue weighted by molar-refractivity contribution is 6.04. The lowest BCUT2D eigenvalue weighted by molar-refractivity contribution is 0.102. The lowest BCUT2D eigenvalue weighted by Gasteiger charge is -2.11. The van der Waals surface area contributed by atoms with Crippen molar-refractivity contribution in [3.8, 4) is 0 Å². The number of rotatable bonds is 4. The third kappa shape index (κ3) is 4.01. The first-order valence-electron chi connectivity index (χ1n) is 7.89. The SMILES string of the molecule is Cc1cccc(Nc2ccc(NC(=O)c3ccc(F)cc3)cn2)c1C. The number of anilines is 3. The first-order chi connectivity index (χ1) is 12.0. The van der Waals surface area contributed by atoms with Gasteiger partial charge in [0.15, 0.2) is 0 Å². The number of carbonyl (C=O) groups excluding carboxylic acids is 1. The van der Waals surface area contributed by atoms with Crippen molar-refractivity contribution in [3.05, 3.63) is 83.3 Å². The molecule has 5 heteroatoms. The van der Waals surface area contributed by atoms with Crippen LogP contribution in [-0.2, 0) is 0 Å². The molecule has 3 rings (SSSR count). The van der Waals surface area contributed by atoms with Crippen molar-refractivity contribution in [1.29, 1.82) is 0 Å². The molecule has 0 saturated carbocycles. The molecule has 0 aliphatic carbocycles. The highest BCUT2D eigenvalue weighted by Gasteiger charge is 2.07. The van der Waals surface area contributed by atoms with Crippen LogP contribution in [-0.4, -0.2) is 10.9 Å². The molecule has 0 aliphatic rings. The summed E-state index contributed by atoms with van der Waals surface area (Å²) in [4.78, 5) is 16.4. The molecule has 0 radical (unpaired) electrons.